The van der Waals surface area contributed by atoms with Crippen LogP contribution in [0, 0.1) is 0 Å². The van der Waals surface area contributed by atoms with E-state index >= 15 is 0 Å². The topological polar surface area (TPSA) is 47.6 Å². The van der Waals surface area contributed by atoms with Crippen molar-refractivity contribution in [2.45, 2.75) is 39.5 Å². The molecule has 0 fully saturated rings. The van der Waals surface area contributed by atoms with Gasteiger partial charge in [-0.15, -0.1) is 0 Å². The Kier molecular flexibility index (Phi) is 6.51. The van der Waals surface area contributed by atoms with Gasteiger partial charge >= 0.3 is 0 Å². The van der Waals surface area contributed by atoms with Crippen molar-refractivity contribution in [3.63, 3.8) is 0 Å². The summed E-state index contributed by atoms with van der Waals surface area (Å²) in [6.07, 6.45) is 2.55. The third kappa shape index (κ3) is 4.50. The smallest absolute Gasteiger partial charge is 0.228 e. The Hall–Kier alpha value is -1.91. The van der Waals surface area contributed by atoms with Gasteiger partial charge in [-0.25, -0.2) is 0 Å². The number of rotatable bonds is 5. The second-order valence-corrected chi connectivity index (χ2v) is 7.26. The molecule has 0 bridgehead atoms. The molecule has 2 aromatic rings. The maximum atomic E-state index is 12.7. The van der Waals surface area contributed by atoms with Crippen molar-refractivity contribution >= 4 is 34.8 Å². The Bertz CT molecular complexity index is 852. The van der Waals surface area contributed by atoms with Crippen LogP contribution in [0.25, 0.3) is 0 Å². The first-order valence-electron chi connectivity index (χ1n) is 9.21. The lowest BCUT2D eigenvalue weighted by Crippen LogP contribution is -2.17. The molecule has 0 radical (unpaired) electrons. The number of anilines is 1. The standard InChI is InChI=1S/C21H23Cl2NO3/c1-3-14-6-7-16(22)15(4-2)20(14)24-19(25)12-13-10-17(23)21-18(11-13)26-8-5-9-27-21/h6-7,10-11H,3-5,8-9,12H2,1-2H3,(H,24,25). The predicted octanol–water partition coefficient (Wildman–Crippen LogP) is 5.46. The molecule has 1 N–H and O–H groups in total. The summed E-state index contributed by atoms with van der Waals surface area (Å²) in [5, 5.41) is 4.18. The minimum atomic E-state index is -0.118. The van der Waals surface area contributed by atoms with Gasteiger partial charge in [-0.3, -0.25) is 4.79 Å². The molecule has 0 spiro atoms. The van der Waals surface area contributed by atoms with E-state index < -0.39 is 0 Å². The maximum Gasteiger partial charge on any atom is 0.228 e. The van der Waals surface area contributed by atoms with Gasteiger partial charge in [-0.1, -0.05) is 43.1 Å². The van der Waals surface area contributed by atoms with Crippen molar-refractivity contribution in [1.82, 2.24) is 0 Å². The fourth-order valence-corrected chi connectivity index (χ4v) is 3.80. The van der Waals surface area contributed by atoms with E-state index in [1.165, 1.54) is 0 Å². The van der Waals surface area contributed by atoms with Crippen molar-refractivity contribution in [3.8, 4) is 11.5 Å². The predicted molar refractivity (Wildman–Crippen MR) is 110 cm³/mol. The number of carbonyl (C=O) groups is 1. The van der Waals surface area contributed by atoms with Gasteiger partial charge in [0.15, 0.2) is 11.5 Å². The van der Waals surface area contributed by atoms with Crippen LogP contribution in [0.2, 0.25) is 10.0 Å². The summed E-state index contributed by atoms with van der Waals surface area (Å²) in [5.74, 6) is 1.02. The number of hydrogen-bond donors (Lipinski definition) is 1. The number of aryl methyl sites for hydroxylation is 1. The van der Waals surface area contributed by atoms with Gasteiger partial charge in [0.25, 0.3) is 0 Å². The molecule has 6 heteroatoms. The van der Waals surface area contributed by atoms with Crippen molar-refractivity contribution in [1.29, 1.82) is 0 Å². The van der Waals surface area contributed by atoms with Crippen LogP contribution in [0.4, 0.5) is 5.69 Å². The summed E-state index contributed by atoms with van der Waals surface area (Å²) >= 11 is 12.6. The number of ether oxygens (including phenoxy) is 2. The SMILES string of the molecule is CCc1ccc(Cl)c(CC)c1NC(=O)Cc1cc(Cl)c2c(c1)OCCCO2. The van der Waals surface area contributed by atoms with E-state index in [0.29, 0.717) is 34.8 Å². The van der Waals surface area contributed by atoms with Crippen molar-refractivity contribution < 1.29 is 14.3 Å². The molecule has 1 heterocycles. The molecule has 1 aliphatic heterocycles. The Morgan fingerprint density at radius 3 is 2.59 bits per heavy atom. The molecule has 4 nitrogen and oxygen atoms in total. The highest BCUT2D eigenvalue weighted by molar-refractivity contribution is 6.32. The average Bonchev–Trinajstić information content (AvgIpc) is 2.88. The lowest BCUT2D eigenvalue weighted by atomic mass is 10.0. The van der Waals surface area contributed by atoms with Gasteiger partial charge in [0.1, 0.15) is 0 Å². The lowest BCUT2D eigenvalue weighted by Gasteiger charge is -2.16. The van der Waals surface area contributed by atoms with E-state index in [2.05, 4.69) is 12.2 Å². The molecular weight excluding hydrogens is 385 g/mol. The summed E-state index contributed by atoms with van der Waals surface area (Å²) < 4.78 is 11.3. The number of fused-ring (bicyclic) bond motifs is 1. The Morgan fingerprint density at radius 2 is 1.85 bits per heavy atom. The molecule has 2 aromatic carbocycles. The van der Waals surface area contributed by atoms with E-state index in [-0.39, 0.29) is 12.3 Å². The van der Waals surface area contributed by atoms with Crippen LogP contribution in [0.1, 0.15) is 37.0 Å². The Morgan fingerprint density at radius 1 is 1.07 bits per heavy atom. The zero-order valence-corrected chi connectivity index (χ0v) is 17.0. The highest BCUT2D eigenvalue weighted by Gasteiger charge is 2.18. The zero-order valence-electron chi connectivity index (χ0n) is 15.5. The third-order valence-corrected chi connectivity index (χ3v) is 5.20. The fourth-order valence-electron chi connectivity index (χ4n) is 3.22. The first-order valence-corrected chi connectivity index (χ1v) is 9.97. The van der Waals surface area contributed by atoms with Gasteiger partial charge in [0, 0.05) is 17.1 Å². The van der Waals surface area contributed by atoms with E-state index in [0.717, 1.165) is 41.6 Å². The molecule has 144 valence electrons. The third-order valence-electron chi connectivity index (χ3n) is 4.57. The first-order chi connectivity index (χ1) is 13.0. The molecule has 1 amide bonds. The second-order valence-electron chi connectivity index (χ2n) is 6.45. The monoisotopic (exact) mass is 407 g/mol. The number of amides is 1. The zero-order chi connectivity index (χ0) is 19.4. The number of benzene rings is 2. The molecule has 0 atom stereocenters. The van der Waals surface area contributed by atoms with E-state index in [1.54, 1.807) is 6.07 Å². The van der Waals surface area contributed by atoms with Crippen LogP contribution in [-0.4, -0.2) is 19.1 Å². The van der Waals surface area contributed by atoms with E-state index in [1.807, 2.05) is 25.1 Å². The van der Waals surface area contributed by atoms with Crippen molar-refractivity contribution in [3.05, 3.63) is 51.0 Å². The summed E-state index contributed by atoms with van der Waals surface area (Å²) in [7, 11) is 0. The minimum Gasteiger partial charge on any atom is -0.489 e. The van der Waals surface area contributed by atoms with Crippen LogP contribution >= 0.6 is 23.2 Å². The molecule has 27 heavy (non-hydrogen) atoms. The molecule has 0 unspecified atom stereocenters. The van der Waals surface area contributed by atoms with Crippen LogP contribution in [0.15, 0.2) is 24.3 Å². The molecule has 0 saturated heterocycles. The van der Waals surface area contributed by atoms with Gasteiger partial charge in [-0.2, -0.15) is 0 Å². The van der Waals surface area contributed by atoms with E-state index in [9.17, 15) is 4.79 Å². The summed E-state index contributed by atoms with van der Waals surface area (Å²) in [6, 6.07) is 7.43. The van der Waals surface area contributed by atoms with E-state index in [4.69, 9.17) is 32.7 Å². The van der Waals surface area contributed by atoms with Crippen LogP contribution in [0.5, 0.6) is 11.5 Å². The number of hydrogen-bond acceptors (Lipinski definition) is 3. The maximum absolute atomic E-state index is 12.7. The fraction of sp³-hybridized carbons (Fsp3) is 0.381. The lowest BCUT2D eigenvalue weighted by molar-refractivity contribution is -0.115. The number of nitrogens with one attached hydrogen (secondary N) is 1. The van der Waals surface area contributed by atoms with Gasteiger partial charge in [-0.05, 0) is 47.7 Å². The van der Waals surface area contributed by atoms with Crippen LogP contribution in [0.3, 0.4) is 0 Å². The number of halogens is 2. The molecular formula is C21H23Cl2NO3. The molecule has 3 rings (SSSR count). The van der Waals surface area contributed by atoms with Gasteiger partial charge in [0.2, 0.25) is 5.91 Å². The number of carbonyl (C=O) groups excluding carboxylic acids is 1. The van der Waals surface area contributed by atoms with Gasteiger partial charge in [0.05, 0.1) is 24.7 Å². The summed E-state index contributed by atoms with van der Waals surface area (Å²) in [4.78, 5) is 12.7. The average molecular weight is 408 g/mol. The Labute approximate surface area is 169 Å². The molecule has 0 saturated carbocycles. The van der Waals surface area contributed by atoms with Gasteiger partial charge < -0.3 is 14.8 Å². The van der Waals surface area contributed by atoms with Crippen LogP contribution in [-0.2, 0) is 24.1 Å². The molecule has 1 aliphatic rings. The van der Waals surface area contributed by atoms with Crippen molar-refractivity contribution in [2.24, 2.45) is 0 Å². The minimum absolute atomic E-state index is 0.118. The van der Waals surface area contributed by atoms with Crippen LogP contribution < -0.4 is 14.8 Å². The highest BCUT2D eigenvalue weighted by atomic mass is 35.5. The largest absolute Gasteiger partial charge is 0.489 e. The van der Waals surface area contributed by atoms with Crippen molar-refractivity contribution in [2.75, 3.05) is 18.5 Å². The molecule has 0 aliphatic carbocycles. The summed E-state index contributed by atoms with van der Waals surface area (Å²) in [6.45, 7) is 5.23. The quantitative estimate of drug-likeness (QED) is 0.715. The second kappa shape index (κ2) is 8.85. The first kappa shape index (κ1) is 19.8. The normalized spacial score (nSPS) is 13.2. The Balaban J connectivity index is 1.82. The summed E-state index contributed by atoms with van der Waals surface area (Å²) in [5.41, 5.74) is 3.63. The molecule has 0 aromatic heterocycles. The highest BCUT2D eigenvalue weighted by Crippen LogP contribution is 2.38.